The zero-order valence-electron chi connectivity index (χ0n) is 4.97. The summed E-state index contributed by atoms with van der Waals surface area (Å²) >= 11 is 13.3. The first-order valence-corrected chi connectivity index (χ1v) is 4.57. The lowest BCUT2D eigenvalue weighted by Crippen LogP contribution is -1.88. The average Bonchev–Trinajstić information content (AvgIpc) is 2.39. The maximum atomic E-state index is 5.94. The van der Waals surface area contributed by atoms with Crippen molar-refractivity contribution in [3.63, 3.8) is 0 Å². The van der Waals surface area contributed by atoms with E-state index in [1.54, 1.807) is 0 Å². The van der Waals surface area contributed by atoms with E-state index >= 15 is 0 Å². The molecular formula is C7H4Cl2S. The normalized spacial score (nSPS) is 29.4. The minimum absolute atomic E-state index is 0.0255. The van der Waals surface area contributed by atoms with Gasteiger partial charge in [0.2, 0.25) is 0 Å². The predicted octanol–water partition coefficient (Wildman–Crippen LogP) is 3.24. The van der Waals surface area contributed by atoms with Gasteiger partial charge in [0, 0.05) is 5.57 Å². The van der Waals surface area contributed by atoms with Crippen molar-refractivity contribution in [1.82, 2.24) is 0 Å². The monoisotopic (exact) mass is 190 g/mol. The van der Waals surface area contributed by atoms with Gasteiger partial charge in [-0.2, -0.15) is 0 Å². The molecule has 1 aliphatic heterocycles. The molecular weight excluding hydrogens is 187 g/mol. The van der Waals surface area contributed by atoms with Crippen LogP contribution in [-0.4, -0.2) is 4.71 Å². The second kappa shape index (κ2) is 2.33. The number of rotatable bonds is 0. The van der Waals surface area contributed by atoms with Crippen molar-refractivity contribution in [2.24, 2.45) is 0 Å². The van der Waals surface area contributed by atoms with E-state index < -0.39 is 0 Å². The topological polar surface area (TPSA) is 0 Å². The highest BCUT2D eigenvalue weighted by Crippen LogP contribution is 2.47. The number of fused-ring (bicyclic) bond motifs is 1. The summed E-state index contributed by atoms with van der Waals surface area (Å²) in [7, 11) is 0. The Morgan fingerprint density at radius 1 is 1.50 bits per heavy atom. The smallest absolute Gasteiger partial charge is 0.105 e. The standard InChI is InChI=1S/C7H4Cl2S/c8-6-4-2-1-3-5(4)7(9)10-6/h1-3,6H. The fourth-order valence-electron chi connectivity index (χ4n) is 1.03. The molecule has 0 fully saturated rings. The van der Waals surface area contributed by atoms with E-state index in [4.69, 9.17) is 23.2 Å². The van der Waals surface area contributed by atoms with E-state index in [9.17, 15) is 0 Å². The van der Waals surface area contributed by atoms with Gasteiger partial charge in [-0.05, 0) is 5.57 Å². The average molecular weight is 191 g/mol. The van der Waals surface area contributed by atoms with Crippen LogP contribution < -0.4 is 0 Å². The molecule has 3 heteroatoms. The second-order valence-electron chi connectivity index (χ2n) is 2.10. The lowest BCUT2D eigenvalue weighted by Gasteiger charge is -1.97. The third-order valence-corrected chi connectivity index (χ3v) is 3.37. The highest BCUT2D eigenvalue weighted by molar-refractivity contribution is 8.06. The van der Waals surface area contributed by atoms with Gasteiger partial charge in [0.15, 0.2) is 0 Å². The highest BCUT2D eigenvalue weighted by Gasteiger charge is 2.27. The fraction of sp³-hybridized carbons (Fsp3) is 0.143. The number of allylic oxidation sites excluding steroid dienone is 4. The molecule has 10 heavy (non-hydrogen) atoms. The van der Waals surface area contributed by atoms with Crippen molar-refractivity contribution in [2.75, 3.05) is 0 Å². The largest absolute Gasteiger partial charge is 0.110 e. The number of hydrogen-bond donors (Lipinski definition) is 0. The lowest BCUT2D eigenvalue weighted by atomic mass is 10.2. The Morgan fingerprint density at radius 2 is 2.30 bits per heavy atom. The van der Waals surface area contributed by atoms with E-state index in [1.807, 2.05) is 18.2 Å². The summed E-state index contributed by atoms with van der Waals surface area (Å²) in [6, 6.07) is 0. The van der Waals surface area contributed by atoms with Gasteiger partial charge in [0.05, 0.1) is 4.36 Å². The maximum absolute atomic E-state index is 5.94. The first-order valence-electron chi connectivity index (χ1n) is 2.88. The van der Waals surface area contributed by atoms with Gasteiger partial charge >= 0.3 is 0 Å². The molecule has 0 nitrogen and oxygen atoms in total. The van der Waals surface area contributed by atoms with Crippen molar-refractivity contribution in [3.8, 4) is 0 Å². The van der Waals surface area contributed by atoms with Crippen LogP contribution >= 0.6 is 35.0 Å². The fourth-order valence-corrected chi connectivity index (χ4v) is 2.89. The molecule has 52 valence electrons. The van der Waals surface area contributed by atoms with Crippen LogP contribution in [0.5, 0.6) is 0 Å². The Labute approximate surface area is 73.6 Å². The molecule has 2 rings (SSSR count). The minimum atomic E-state index is 0.0255. The third kappa shape index (κ3) is 0.849. The van der Waals surface area contributed by atoms with Crippen molar-refractivity contribution in [1.29, 1.82) is 0 Å². The van der Waals surface area contributed by atoms with Crippen LogP contribution in [0, 0.1) is 0 Å². The molecule has 0 saturated carbocycles. The van der Waals surface area contributed by atoms with E-state index in [0.717, 1.165) is 15.5 Å². The first-order chi connectivity index (χ1) is 4.79. The molecule has 0 N–H and O–H groups in total. The van der Waals surface area contributed by atoms with Gasteiger partial charge in [0.1, 0.15) is 4.71 Å². The molecule has 0 radical (unpaired) electrons. The van der Waals surface area contributed by atoms with Gasteiger partial charge in [-0.3, -0.25) is 0 Å². The molecule has 1 heterocycles. The van der Waals surface area contributed by atoms with Crippen molar-refractivity contribution < 1.29 is 0 Å². The summed E-state index contributed by atoms with van der Waals surface area (Å²) in [5, 5.41) is 0. The van der Waals surface area contributed by atoms with E-state index in [0.29, 0.717) is 0 Å². The van der Waals surface area contributed by atoms with E-state index in [2.05, 4.69) is 0 Å². The molecule has 0 saturated heterocycles. The second-order valence-corrected chi connectivity index (χ2v) is 4.52. The van der Waals surface area contributed by atoms with E-state index in [-0.39, 0.29) is 4.71 Å². The number of halogens is 2. The summed E-state index contributed by atoms with van der Waals surface area (Å²) in [5.74, 6) is 0. The third-order valence-electron chi connectivity index (χ3n) is 1.51. The number of alkyl halides is 1. The van der Waals surface area contributed by atoms with Gasteiger partial charge in [0.25, 0.3) is 0 Å². The molecule has 0 aromatic carbocycles. The molecule has 0 aromatic rings. The molecule has 0 aromatic heterocycles. The Morgan fingerprint density at radius 3 is 3.00 bits per heavy atom. The van der Waals surface area contributed by atoms with Crippen LogP contribution in [0.2, 0.25) is 0 Å². The van der Waals surface area contributed by atoms with Gasteiger partial charge in [-0.15, -0.1) is 11.6 Å². The summed E-state index contributed by atoms with van der Waals surface area (Å²) < 4.78 is 0.845. The molecule has 0 bridgehead atoms. The molecule has 0 amide bonds. The molecule has 1 unspecified atom stereocenters. The van der Waals surface area contributed by atoms with E-state index in [1.165, 1.54) is 11.8 Å². The van der Waals surface area contributed by atoms with Gasteiger partial charge in [-0.25, -0.2) is 0 Å². The van der Waals surface area contributed by atoms with Crippen LogP contribution in [0.15, 0.2) is 33.7 Å². The molecule has 0 spiro atoms. The summed E-state index contributed by atoms with van der Waals surface area (Å²) in [4.78, 5) is 0. The Hall–Kier alpha value is 0.150. The lowest BCUT2D eigenvalue weighted by molar-refractivity contribution is 1.45. The van der Waals surface area contributed by atoms with Crippen LogP contribution in [-0.2, 0) is 0 Å². The zero-order valence-corrected chi connectivity index (χ0v) is 7.30. The quantitative estimate of drug-likeness (QED) is 0.529. The van der Waals surface area contributed by atoms with Crippen LogP contribution in [0.1, 0.15) is 0 Å². The Kier molecular flexibility index (Phi) is 1.59. The first kappa shape index (κ1) is 6.84. The molecule has 1 atom stereocenters. The van der Waals surface area contributed by atoms with Crippen LogP contribution in [0.25, 0.3) is 0 Å². The minimum Gasteiger partial charge on any atom is -0.105 e. The van der Waals surface area contributed by atoms with Gasteiger partial charge in [-0.1, -0.05) is 41.6 Å². The van der Waals surface area contributed by atoms with Gasteiger partial charge < -0.3 is 0 Å². The summed E-state index contributed by atoms with van der Waals surface area (Å²) in [6.45, 7) is 0. The van der Waals surface area contributed by atoms with Crippen LogP contribution in [0.4, 0.5) is 0 Å². The van der Waals surface area contributed by atoms with Crippen molar-refractivity contribution >= 4 is 35.0 Å². The van der Waals surface area contributed by atoms with Crippen LogP contribution in [0.3, 0.4) is 0 Å². The Bertz CT molecular complexity index is 263. The zero-order chi connectivity index (χ0) is 7.14. The highest BCUT2D eigenvalue weighted by atomic mass is 35.5. The number of hydrogen-bond acceptors (Lipinski definition) is 1. The summed E-state index contributed by atoms with van der Waals surface area (Å²) in [5.41, 5.74) is 2.25. The Balaban J connectivity index is 2.48. The predicted molar refractivity (Wildman–Crippen MR) is 47.3 cm³/mol. The van der Waals surface area contributed by atoms with Crippen molar-refractivity contribution in [3.05, 3.63) is 33.7 Å². The van der Waals surface area contributed by atoms with Crippen molar-refractivity contribution in [2.45, 2.75) is 4.71 Å². The SMILES string of the molecule is ClC1=C2C=CC=C2C(Cl)S1. The maximum Gasteiger partial charge on any atom is 0.110 e. The molecule has 2 aliphatic rings. The number of thioether (sulfide) groups is 1. The molecule has 1 aliphatic carbocycles. The summed E-state index contributed by atoms with van der Waals surface area (Å²) in [6.07, 6.45) is 5.98.